The second-order valence-electron chi connectivity index (χ2n) is 7.67. The summed E-state index contributed by atoms with van der Waals surface area (Å²) in [5, 5.41) is 23.5. The van der Waals surface area contributed by atoms with Gasteiger partial charge in [-0.3, -0.25) is 18.9 Å². The third-order valence-corrected chi connectivity index (χ3v) is 8.24. The van der Waals surface area contributed by atoms with E-state index in [2.05, 4.69) is 18.5 Å². The van der Waals surface area contributed by atoms with Gasteiger partial charge in [0.15, 0.2) is 6.23 Å². The molecule has 36 heavy (non-hydrogen) atoms. The summed E-state index contributed by atoms with van der Waals surface area (Å²) in [6.45, 7) is 3.14. The summed E-state index contributed by atoms with van der Waals surface area (Å²) >= 11 is 0. The lowest BCUT2D eigenvalue weighted by molar-refractivity contribution is -0.0543. The third-order valence-electron chi connectivity index (χ3n) is 4.44. The van der Waals surface area contributed by atoms with Crippen LogP contribution in [0.1, 0.15) is 25.6 Å². The second-order valence-corrected chi connectivity index (χ2v) is 12.1. The van der Waals surface area contributed by atoms with Crippen LogP contribution in [0.2, 0.25) is 0 Å². The van der Waals surface area contributed by atoms with Crippen molar-refractivity contribution in [3.05, 3.63) is 44.2 Å². The zero-order valence-corrected chi connectivity index (χ0v) is 21.4. The van der Waals surface area contributed by atoms with Crippen LogP contribution >= 0.6 is 23.5 Å². The molecule has 1 saturated heterocycles. The van der Waals surface area contributed by atoms with Crippen LogP contribution in [-0.2, 0) is 38.1 Å². The van der Waals surface area contributed by atoms with Crippen LogP contribution in [0.25, 0.3) is 0 Å². The number of phosphoric acid groups is 3. The van der Waals surface area contributed by atoms with Crippen molar-refractivity contribution >= 4 is 23.5 Å². The van der Waals surface area contributed by atoms with E-state index in [0.29, 0.717) is 6.54 Å². The summed E-state index contributed by atoms with van der Waals surface area (Å²) in [7, 11) is -16.9. The van der Waals surface area contributed by atoms with Crippen molar-refractivity contribution in [2.24, 2.45) is 0 Å². The molecule has 18 nitrogen and oxygen atoms in total. The maximum Gasteiger partial charge on any atom is 0.490 e. The molecule has 8 N–H and O–H groups in total. The summed E-state index contributed by atoms with van der Waals surface area (Å²) in [5.74, 6) is 0. The van der Waals surface area contributed by atoms with Gasteiger partial charge < -0.3 is 39.8 Å². The van der Waals surface area contributed by atoms with Gasteiger partial charge in [-0.25, -0.2) is 18.5 Å². The van der Waals surface area contributed by atoms with Crippen molar-refractivity contribution in [3.63, 3.8) is 0 Å². The number of aromatic amines is 1. The number of allylic oxidation sites excluding steroid dienone is 1. The van der Waals surface area contributed by atoms with Crippen LogP contribution in [0.15, 0.2) is 27.4 Å². The molecule has 1 aliphatic heterocycles. The van der Waals surface area contributed by atoms with Gasteiger partial charge >= 0.3 is 29.2 Å². The van der Waals surface area contributed by atoms with Crippen LogP contribution in [-0.4, -0.2) is 70.8 Å². The van der Waals surface area contributed by atoms with Crippen LogP contribution < -0.4 is 16.6 Å². The fraction of sp³-hybridized carbons (Fsp3) is 0.600. The first-order valence-corrected chi connectivity index (χ1v) is 14.4. The molecular weight excluding hydrogens is 555 g/mol. The highest BCUT2D eigenvalue weighted by Gasteiger charge is 2.46. The Morgan fingerprint density at radius 2 is 1.75 bits per heavy atom. The predicted molar refractivity (Wildman–Crippen MR) is 118 cm³/mol. The lowest BCUT2D eigenvalue weighted by Crippen LogP contribution is -2.39. The van der Waals surface area contributed by atoms with Crippen molar-refractivity contribution in [3.8, 4) is 0 Å². The third kappa shape index (κ3) is 9.20. The Hall–Kier alpha value is -1.33. The number of nitrogens with zero attached hydrogens (tertiary/aromatic N) is 1. The number of rotatable bonds is 12. The Kier molecular flexibility index (Phi) is 10.3. The lowest BCUT2D eigenvalue weighted by atomic mass is 10.1. The standard InChI is InChI=1S/C15H26N3O15P3/c1-8(2)3-4-16-5-9-6-18(15(22)17-13(9)21)14-12(20)11(19)10(31-14)7-30-35(26,27)33-36(28,29)32-34(23,24)25/h3,6,10-12,14,16,19-20H,4-5,7H2,1-2H3,(H,26,27)(H,28,29)(H,17,21,22)(H2,23,24,25)/t10-,11+,12?,14-/m1/s1. The van der Waals surface area contributed by atoms with E-state index in [1.54, 1.807) is 0 Å². The van der Waals surface area contributed by atoms with E-state index < -0.39 is 65.9 Å². The molecule has 0 saturated carbocycles. The molecule has 0 bridgehead atoms. The van der Waals surface area contributed by atoms with Gasteiger partial charge in [-0.1, -0.05) is 11.6 Å². The molecule has 6 atom stereocenters. The minimum atomic E-state index is -5.76. The second kappa shape index (κ2) is 12.0. The van der Waals surface area contributed by atoms with Crippen molar-refractivity contribution in [2.75, 3.05) is 13.2 Å². The molecule has 0 aliphatic carbocycles. The highest BCUT2D eigenvalue weighted by atomic mass is 31.3. The highest BCUT2D eigenvalue weighted by Crippen LogP contribution is 2.66. The van der Waals surface area contributed by atoms with Crippen LogP contribution in [0.3, 0.4) is 0 Å². The summed E-state index contributed by atoms with van der Waals surface area (Å²) < 4.78 is 51.5. The van der Waals surface area contributed by atoms with Gasteiger partial charge in [0.05, 0.1) is 6.61 Å². The number of phosphoric ester groups is 1. The number of hydrogen-bond acceptors (Lipinski definition) is 12. The molecular formula is C15H26N3O15P3. The van der Waals surface area contributed by atoms with Crippen LogP contribution in [0.4, 0.5) is 0 Å². The molecule has 206 valence electrons. The van der Waals surface area contributed by atoms with Crippen molar-refractivity contribution < 1.29 is 61.4 Å². The minimum absolute atomic E-state index is 0.0280. The van der Waals surface area contributed by atoms with Crippen LogP contribution in [0.5, 0.6) is 0 Å². The molecule has 0 aromatic carbocycles. The molecule has 3 unspecified atom stereocenters. The predicted octanol–water partition coefficient (Wildman–Crippen LogP) is -1.45. The summed E-state index contributed by atoms with van der Waals surface area (Å²) in [5.41, 5.74) is -0.602. The van der Waals surface area contributed by atoms with Gasteiger partial charge in [-0.2, -0.15) is 8.62 Å². The normalized spacial score (nSPS) is 25.8. The summed E-state index contributed by atoms with van der Waals surface area (Å²) in [4.78, 5) is 62.1. The molecule has 0 radical (unpaired) electrons. The van der Waals surface area contributed by atoms with E-state index in [1.807, 2.05) is 24.9 Å². The molecule has 1 fully saturated rings. The van der Waals surface area contributed by atoms with Gasteiger partial charge in [0.25, 0.3) is 5.56 Å². The number of aromatic nitrogens is 2. The average Bonchev–Trinajstić information content (AvgIpc) is 2.96. The zero-order valence-electron chi connectivity index (χ0n) is 18.7. The smallest absolute Gasteiger partial charge is 0.387 e. The first kappa shape index (κ1) is 30.9. The quantitative estimate of drug-likeness (QED) is 0.0796. The van der Waals surface area contributed by atoms with Crippen molar-refractivity contribution in [1.82, 2.24) is 14.9 Å². The minimum Gasteiger partial charge on any atom is -0.387 e. The molecule has 0 amide bonds. The topological polar surface area (TPSA) is 276 Å². The molecule has 2 heterocycles. The molecule has 2 rings (SSSR count). The van der Waals surface area contributed by atoms with Crippen molar-refractivity contribution in [1.29, 1.82) is 0 Å². The first-order chi connectivity index (χ1) is 16.4. The zero-order chi connectivity index (χ0) is 27.5. The SMILES string of the molecule is CC(C)=CCNCc1cn([C@@H]2O[C@H](COP(=O)(O)OP(=O)(O)OP(=O)(O)O)[C@H](O)C2O)c(=O)[nH]c1=O. The number of hydrogen-bond donors (Lipinski definition) is 8. The lowest BCUT2D eigenvalue weighted by Gasteiger charge is -2.19. The van der Waals surface area contributed by atoms with Gasteiger partial charge in [-0.15, -0.1) is 0 Å². The van der Waals surface area contributed by atoms with E-state index in [4.69, 9.17) is 19.4 Å². The molecule has 1 aromatic rings. The number of nitrogens with one attached hydrogen (secondary N) is 2. The molecule has 1 aromatic heterocycles. The number of aliphatic hydroxyl groups excluding tert-OH is 2. The Balaban J connectivity index is 2.12. The largest absolute Gasteiger partial charge is 0.490 e. The maximum atomic E-state index is 12.3. The maximum absolute atomic E-state index is 12.3. The molecule has 21 heteroatoms. The Bertz CT molecular complexity index is 1220. The van der Waals surface area contributed by atoms with Crippen LogP contribution in [0, 0.1) is 0 Å². The summed E-state index contributed by atoms with van der Waals surface area (Å²) in [6, 6.07) is 0. The monoisotopic (exact) mass is 581 g/mol. The van der Waals surface area contributed by atoms with Gasteiger partial charge in [0.1, 0.15) is 18.3 Å². The van der Waals surface area contributed by atoms with Crippen molar-refractivity contribution in [2.45, 2.75) is 44.9 Å². The molecule has 1 aliphatic rings. The van der Waals surface area contributed by atoms with E-state index >= 15 is 0 Å². The fourth-order valence-electron chi connectivity index (χ4n) is 2.89. The van der Waals surface area contributed by atoms with E-state index in [0.717, 1.165) is 16.3 Å². The fourth-order valence-corrected chi connectivity index (χ4v) is 5.92. The number of aliphatic hydroxyl groups is 2. The Morgan fingerprint density at radius 3 is 2.33 bits per heavy atom. The van der Waals surface area contributed by atoms with Gasteiger partial charge in [0.2, 0.25) is 0 Å². The first-order valence-electron chi connectivity index (χ1n) is 9.89. The number of H-pyrrole nitrogens is 1. The average molecular weight is 581 g/mol. The summed E-state index contributed by atoms with van der Waals surface area (Å²) in [6.07, 6.45) is -3.87. The Morgan fingerprint density at radius 1 is 1.11 bits per heavy atom. The number of ether oxygens (including phenoxy) is 1. The molecule has 0 spiro atoms. The van der Waals surface area contributed by atoms with Gasteiger partial charge in [0, 0.05) is 24.8 Å². The van der Waals surface area contributed by atoms with E-state index in [-0.39, 0.29) is 12.1 Å². The highest BCUT2D eigenvalue weighted by molar-refractivity contribution is 7.66. The van der Waals surface area contributed by atoms with Gasteiger partial charge in [-0.05, 0) is 13.8 Å². The Labute approximate surface area is 202 Å². The van der Waals surface area contributed by atoms with E-state index in [1.165, 1.54) is 0 Å². The van der Waals surface area contributed by atoms with E-state index in [9.17, 15) is 38.4 Å².